The summed E-state index contributed by atoms with van der Waals surface area (Å²) in [5, 5.41) is 9.10. The van der Waals surface area contributed by atoms with E-state index in [9.17, 15) is 4.79 Å². The number of carbonyl (C=O) groups is 1. The van der Waals surface area contributed by atoms with Crippen LogP contribution in [0.5, 0.6) is 5.75 Å². The SMILES string of the molecule is O=C(O)c1ccc(OC2CC2)c(-c2ccccc2)c1. The largest absolute Gasteiger partial charge is 0.490 e. The maximum atomic E-state index is 11.1. The van der Waals surface area contributed by atoms with Crippen LogP contribution < -0.4 is 4.74 Å². The summed E-state index contributed by atoms with van der Waals surface area (Å²) in [4.78, 5) is 11.1. The highest BCUT2D eigenvalue weighted by Gasteiger charge is 2.25. The summed E-state index contributed by atoms with van der Waals surface area (Å²) >= 11 is 0. The molecule has 0 saturated heterocycles. The Kier molecular flexibility index (Phi) is 2.95. The van der Waals surface area contributed by atoms with Crippen LogP contribution in [0.25, 0.3) is 11.1 Å². The Bertz CT molecular complexity index is 601. The first kappa shape index (κ1) is 11.8. The van der Waals surface area contributed by atoms with Gasteiger partial charge in [0.2, 0.25) is 0 Å². The maximum Gasteiger partial charge on any atom is 0.335 e. The molecular formula is C16H14O3. The highest BCUT2D eigenvalue weighted by atomic mass is 16.5. The molecule has 3 nitrogen and oxygen atoms in total. The molecule has 19 heavy (non-hydrogen) atoms. The minimum Gasteiger partial charge on any atom is -0.490 e. The van der Waals surface area contributed by atoms with Gasteiger partial charge in [0.05, 0.1) is 11.7 Å². The molecule has 0 aromatic heterocycles. The Labute approximate surface area is 111 Å². The average Bonchev–Trinajstić information content (AvgIpc) is 3.24. The fourth-order valence-corrected chi connectivity index (χ4v) is 1.97. The minimum absolute atomic E-state index is 0.280. The van der Waals surface area contributed by atoms with E-state index in [4.69, 9.17) is 9.84 Å². The lowest BCUT2D eigenvalue weighted by molar-refractivity contribution is 0.0697. The normalized spacial score (nSPS) is 14.1. The Morgan fingerprint density at radius 2 is 1.84 bits per heavy atom. The van der Waals surface area contributed by atoms with Crippen molar-refractivity contribution in [3.63, 3.8) is 0 Å². The lowest BCUT2D eigenvalue weighted by Gasteiger charge is -2.12. The van der Waals surface area contributed by atoms with Gasteiger partial charge in [-0.25, -0.2) is 4.79 Å². The van der Waals surface area contributed by atoms with Gasteiger partial charge in [0.25, 0.3) is 0 Å². The summed E-state index contributed by atoms with van der Waals surface area (Å²) in [6.07, 6.45) is 2.45. The fourth-order valence-electron chi connectivity index (χ4n) is 1.97. The zero-order valence-corrected chi connectivity index (χ0v) is 10.4. The van der Waals surface area contributed by atoms with Crippen molar-refractivity contribution in [3.05, 3.63) is 54.1 Å². The molecule has 3 heteroatoms. The van der Waals surface area contributed by atoms with Crippen molar-refractivity contribution in [2.45, 2.75) is 18.9 Å². The van der Waals surface area contributed by atoms with Gasteiger partial charge in [-0.1, -0.05) is 30.3 Å². The molecule has 3 rings (SSSR count). The number of hydrogen-bond donors (Lipinski definition) is 1. The van der Waals surface area contributed by atoms with Crippen LogP contribution in [0.1, 0.15) is 23.2 Å². The summed E-state index contributed by atoms with van der Waals surface area (Å²) in [7, 11) is 0. The third-order valence-electron chi connectivity index (χ3n) is 3.13. The molecule has 0 spiro atoms. The molecule has 0 atom stereocenters. The number of ether oxygens (including phenoxy) is 1. The van der Waals surface area contributed by atoms with Gasteiger partial charge in [0, 0.05) is 5.56 Å². The third kappa shape index (κ3) is 2.60. The van der Waals surface area contributed by atoms with E-state index in [1.165, 1.54) is 0 Å². The van der Waals surface area contributed by atoms with Crippen molar-refractivity contribution >= 4 is 5.97 Å². The zero-order valence-electron chi connectivity index (χ0n) is 10.4. The van der Waals surface area contributed by atoms with Crippen LogP contribution >= 0.6 is 0 Å². The molecule has 1 fully saturated rings. The molecule has 1 aliphatic carbocycles. The van der Waals surface area contributed by atoms with E-state index in [0.717, 1.165) is 29.7 Å². The van der Waals surface area contributed by atoms with Crippen LogP contribution in [-0.2, 0) is 0 Å². The highest BCUT2D eigenvalue weighted by Crippen LogP contribution is 2.35. The lowest BCUT2D eigenvalue weighted by atomic mass is 10.0. The smallest absolute Gasteiger partial charge is 0.335 e. The topological polar surface area (TPSA) is 46.5 Å². The minimum atomic E-state index is -0.921. The molecule has 1 saturated carbocycles. The first-order valence-corrected chi connectivity index (χ1v) is 6.33. The predicted molar refractivity (Wildman–Crippen MR) is 72.5 cm³/mol. The van der Waals surface area contributed by atoms with Crippen molar-refractivity contribution < 1.29 is 14.6 Å². The zero-order chi connectivity index (χ0) is 13.2. The summed E-state index contributed by atoms with van der Waals surface area (Å²) in [5.41, 5.74) is 2.09. The summed E-state index contributed by atoms with van der Waals surface area (Å²) in [6.45, 7) is 0. The van der Waals surface area contributed by atoms with Crippen molar-refractivity contribution in [1.82, 2.24) is 0 Å². The molecule has 0 amide bonds. The van der Waals surface area contributed by atoms with E-state index < -0.39 is 5.97 Å². The van der Waals surface area contributed by atoms with Crippen LogP contribution in [0.15, 0.2) is 48.5 Å². The van der Waals surface area contributed by atoms with Gasteiger partial charge in [0.1, 0.15) is 5.75 Å². The second-order valence-corrected chi connectivity index (χ2v) is 4.70. The van der Waals surface area contributed by atoms with Crippen molar-refractivity contribution in [3.8, 4) is 16.9 Å². The molecule has 0 unspecified atom stereocenters. The summed E-state index contributed by atoms with van der Waals surface area (Å²) in [6, 6.07) is 14.7. The maximum absolute atomic E-state index is 11.1. The molecule has 2 aromatic carbocycles. The molecule has 96 valence electrons. The summed E-state index contributed by atoms with van der Waals surface area (Å²) in [5.74, 6) is -0.158. The third-order valence-corrected chi connectivity index (χ3v) is 3.13. The molecule has 2 aromatic rings. The quantitative estimate of drug-likeness (QED) is 0.906. The Morgan fingerprint density at radius 1 is 1.11 bits per heavy atom. The second kappa shape index (κ2) is 4.76. The van der Waals surface area contributed by atoms with Gasteiger partial charge in [-0.2, -0.15) is 0 Å². The molecule has 0 heterocycles. The fraction of sp³-hybridized carbons (Fsp3) is 0.188. The number of aromatic carboxylic acids is 1. The number of carboxylic acid groups (broad SMARTS) is 1. The van der Waals surface area contributed by atoms with Crippen LogP contribution in [0.3, 0.4) is 0 Å². The van der Waals surface area contributed by atoms with Gasteiger partial charge in [-0.3, -0.25) is 0 Å². The predicted octanol–water partition coefficient (Wildman–Crippen LogP) is 3.59. The van der Waals surface area contributed by atoms with Crippen molar-refractivity contribution in [2.24, 2.45) is 0 Å². The number of carboxylic acids is 1. The van der Waals surface area contributed by atoms with E-state index in [0.29, 0.717) is 0 Å². The first-order valence-electron chi connectivity index (χ1n) is 6.33. The van der Waals surface area contributed by atoms with Crippen LogP contribution in [0.4, 0.5) is 0 Å². The molecular weight excluding hydrogens is 240 g/mol. The molecule has 1 aliphatic rings. The van der Waals surface area contributed by atoms with E-state index >= 15 is 0 Å². The Balaban J connectivity index is 2.06. The number of rotatable bonds is 4. The average molecular weight is 254 g/mol. The monoisotopic (exact) mass is 254 g/mol. The van der Waals surface area contributed by atoms with Gasteiger partial charge < -0.3 is 9.84 Å². The first-order chi connectivity index (χ1) is 9.24. The molecule has 0 aliphatic heterocycles. The van der Waals surface area contributed by atoms with Gasteiger partial charge >= 0.3 is 5.97 Å². The summed E-state index contributed by atoms with van der Waals surface area (Å²) < 4.78 is 5.85. The lowest BCUT2D eigenvalue weighted by Crippen LogP contribution is -2.01. The second-order valence-electron chi connectivity index (χ2n) is 4.70. The van der Waals surface area contributed by atoms with E-state index in [2.05, 4.69) is 0 Å². The van der Waals surface area contributed by atoms with Gasteiger partial charge in [-0.05, 0) is 36.6 Å². The van der Waals surface area contributed by atoms with Crippen LogP contribution in [-0.4, -0.2) is 17.2 Å². The number of hydrogen-bond acceptors (Lipinski definition) is 2. The van der Waals surface area contributed by atoms with Crippen molar-refractivity contribution in [2.75, 3.05) is 0 Å². The van der Waals surface area contributed by atoms with Crippen molar-refractivity contribution in [1.29, 1.82) is 0 Å². The van der Waals surface area contributed by atoms with Gasteiger partial charge in [0.15, 0.2) is 0 Å². The standard InChI is InChI=1S/C16H14O3/c17-16(18)12-6-9-15(19-13-7-8-13)14(10-12)11-4-2-1-3-5-11/h1-6,9-10,13H,7-8H2,(H,17,18). The van der Waals surface area contributed by atoms with Gasteiger partial charge in [-0.15, -0.1) is 0 Å². The molecule has 1 N–H and O–H groups in total. The number of benzene rings is 2. The van der Waals surface area contributed by atoms with E-state index in [1.54, 1.807) is 18.2 Å². The van der Waals surface area contributed by atoms with Crippen LogP contribution in [0.2, 0.25) is 0 Å². The molecule has 0 bridgehead atoms. The Morgan fingerprint density at radius 3 is 2.47 bits per heavy atom. The highest BCUT2D eigenvalue weighted by molar-refractivity contribution is 5.90. The van der Waals surface area contributed by atoms with Crippen LogP contribution in [0, 0.1) is 0 Å². The van der Waals surface area contributed by atoms with E-state index in [-0.39, 0.29) is 11.7 Å². The Hall–Kier alpha value is -2.29. The van der Waals surface area contributed by atoms with E-state index in [1.807, 2.05) is 30.3 Å². The molecule has 0 radical (unpaired) electrons.